The molecule has 0 heterocycles. The van der Waals surface area contributed by atoms with Gasteiger partial charge in [0, 0.05) is 28.7 Å². The number of aliphatic hydroxyl groups is 1. The molecule has 3 N–H and O–H groups in total. The standard InChI is InChI=1S/C14H23NO2S/c1-10(8-9-16)18-14(11(2)15)12-6-4-5-7-13(12)17-3/h4-7,10-11,14,16H,8-9,15H2,1-3H3. The van der Waals surface area contributed by atoms with Crippen molar-refractivity contribution in [1.29, 1.82) is 0 Å². The summed E-state index contributed by atoms with van der Waals surface area (Å²) in [5, 5.41) is 9.54. The molecule has 0 radical (unpaired) electrons. The lowest BCUT2D eigenvalue weighted by molar-refractivity contribution is 0.288. The van der Waals surface area contributed by atoms with Gasteiger partial charge in [0.25, 0.3) is 0 Å². The molecule has 0 aliphatic rings. The first-order valence-corrected chi connectivity index (χ1v) is 7.19. The van der Waals surface area contributed by atoms with E-state index in [0.29, 0.717) is 5.25 Å². The molecular formula is C14H23NO2S. The van der Waals surface area contributed by atoms with E-state index in [0.717, 1.165) is 17.7 Å². The van der Waals surface area contributed by atoms with Gasteiger partial charge in [-0.3, -0.25) is 0 Å². The van der Waals surface area contributed by atoms with Crippen LogP contribution in [0.1, 0.15) is 31.1 Å². The summed E-state index contributed by atoms with van der Waals surface area (Å²) in [4.78, 5) is 0. The molecule has 0 aliphatic carbocycles. The molecule has 0 spiro atoms. The molecular weight excluding hydrogens is 246 g/mol. The van der Waals surface area contributed by atoms with Gasteiger partial charge in [0.05, 0.1) is 7.11 Å². The molecule has 0 bridgehead atoms. The van der Waals surface area contributed by atoms with E-state index < -0.39 is 0 Å². The fourth-order valence-electron chi connectivity index (χ4n) is 1.88. The first kappa shape index (κ1) is 15.3. The third-order valence-corrected chi connectivity index (χ3v) is 4.51. The second-order valence-electron chi connectivity index (χ2n) is 4.48. The predicted molar refractivity (Wildman–Crippen MR) is 78.1 cm³/mol. The second kappa shape index (κ2) is 7.67. The maximum absolute atomic E-state index is 8.99. The Bertz CT molecular complexity index is 357. The smallest absolute Gasteiger partial charge is 0.123 e. The van der Waals surface area contributed by atoms with Crippen LogP contribution in [0.5, 0.6) is 5.75 Å². The van der Waals surface area contributed by atoms with Crippen molar-refractivity contribution in [2.75, 3.05) is 13.7 Å². The van der Waals surface area contributed by atoms with Gasteiger partial charge in [0.2, 0.25) is 0 Å². The molecule has 0 saturated carbocycles. The van der Waals surface area contributed by atoms with Crippen molar-refractivity contribution in [3.63, 3.8) is 0 Å². The van der Waals surface area contributed by atoms with Gasteiger partial charge < -0.3 is 15.6 Å². The number of rotatable bonds is 7. The topological polar surface area (TPSA) is 55.5 Å². The molecule has 4 heteroatoms. The van der Waals surface area contributed by atoms with Crippen LogP contribution in [0.4, 0.5) is 0 Å². The van der Waals surface area contributed by atoms with Crippen LogP contribution in [0.25, 0.3) is 0 Å². The zero-order valence-electron chi connectivity index (χ0n) is 11.3. The van der Waals surface area contributed by atoms with Gasteiger partial charge >= 0.3 is 0 Å². The Morgan fingerprint density at radius 2 is 2.00 bits per heavy atom. The molecule has 0 amide bonds. The van der Waals surface area contributed by atoms with E-state index in [2.05, 4.69) is 13.0 Å². The number of ether oxygens (including phenoxy) is 1. The molecule has 3 nitrogen and oxygen atoms in total. The minimum absolute atomic E-state index is 0.0347. The molecule has 0 aromatic heterocycles. The third kappa shape index (κ3) is 4.19. The number of hydrogen-bond donors (Lipinski definition) is 2. The van der Waals surface area contributed by atoms with E-state index in [4.69, 9.17) is 15.6 Å². The van der Waals surface area contributed by atoms with E-state index in [1.807, 2.05) is 25.1 Å². The van der Waals surface area contributed by atoms with Crippen LogP contribution >= 0.6 is 11.8 Å². The summed E-state index contributed by atoms with van der Waals surface area (Å²) in [7, 11) is 1.68. The van der Waals surface area contributed by atoms with Crippen LogP contribution in [-0.4, -0.2) is 30.1 Å². The highest BCUT2D eigenvalue weighted by Crippen LogP contribution is 2.39. The van der Waals surface area contributed by atoms with Crippen LogP contribution in [0, 0.1) is 0 Å². The summed E-state index contributed by atoms with van der Waals surface area (Å²) in [6, 6.07) is 8.02. The summed E-state index contributed by atoms with van der Waals surface area (Å²) in [5.74, 6) is 0.878. The first-order valence-electron chi connectivity index (χ1n) is 6.25. The van der Waals surface area contributed by atoms with E-state index in [1.54, 1.807) is 18.9 Å². The van der Waals surface area contributed by atoms with Gasteiger partial charge in [0.15, 0.2) is 0 Å². The zero-order valence-corrected chi connectivity index (χ0v) is 12.1. The fourth-order valence-corrected chi connectivity index (χ4v) is 3.21. The molecule has 1 aromatic carbocycles. The summed E-state index contributed by atoms with van der Waals surface area (Å²) < 4.78 is 5.40. The van der Waals surface area contributed by atoms with Crippen LogP contribution in [-0.2, 0) is 0 Å². The highest BCUT2D eigenvalue weighted by Gasteiger charge is 2.22. The average Bonchev–Trinajstić information content (AvgIpc) is 2.36. The van der Waals surface area contributed by atoms with E-state index in [-0.39, 0.29) is 17.9 Å². The van der Waals surface area contributed by atoms with Gasteiger partial charge in [-0.1, -0.05) is 25.1 Å². The van der Waals surface area contributed by atoms with E-state index in [1.165, 1.54) is 0 Å². The van der Waals surface area contributed by atoms with Gasteiger partial charge in [-0.2, -0.15) is 0 Å². The molecule has 0 aliphatic heterocycles. The van der Waals surface area contributed by atoms with Gasteiger partial charge in [-0.05, 0) is 19.4 Å². The lowest BCUT2D eigenvalue weighted by atomic mass is 10.1. The Morgan fingerprint density at radius 3 is 2.56 bits per heavy atom. The summed E-state index contributed by atoms with van der Waals surface area (Å²) in [5.41, 5.74) is 7.23. The SMILES string of the molecule is COc1ccccc1C(SC(C)CCO)C(C)N. The largest absolute Gasteiger partial charge is 0.496 e. The Labute approximate surface area is 114 Å². The van der Waals surface area contributed by atoms with Crippen molar-refractivity contribution in [2.24, 2.45) is 5.73 Å². The molecule has 0 fully saturated rings. The molecule has 102 valence electrons. The first-order chi connectivity index (χ1) is 8.60. The van der Waals surface area contributed by atoms with E-state index >= 15 is 0 Å². The van der Waals surface area contributed by atoms with Crippen molar-refractivity contribution < 1.29 is 9.84 Å². The number of benzene rings is 1. The van der Waals surface area contributed by atoms with Gasteiger partial charge in [-0.15, -0.1) is 11.8 Å². The minimum Gasteiger partial charge on any atom is -0.496 e. The van der Waals surface area contributed by atoms with Crippen molar-refractivity contribution in [3.8, 4) is 5.75 Å². The van der Waals surface area contributed by atoms with Crippen molar-refractivity contribution in [2.45, 2.75) is 36.8 Å². The van der Waals surface area contributed by atoms with E-state index in [9.17, 15) is 0 Å². The molecule has 1 rings (SSSR count). The number of aliphatic hydroxyl groups excluding tert-OH is 1. The van der Waals surface area contributed by atoms with Crippen LogP contribution in [0.15, 0.2) is 24.3 Å². The highest BCUT2D eigenvalue weighted by molar-refractivity contribution is 8.00. The Morgan fingerprint density at radius 1 is 1.33 bits per heavy atom. The molecule has 3 atom stereocenters. The number of thioether (sulfide) groups is 1. The Balaban J connectivity index is 2.90. The Kier molecular flexibility index (Phi) is 6.54. The van der Waals surface area contributed by atoms with Crippen molar-refractivity contribution >= 4 is 11.8 Å². The quantitative estimate of drug-likeness (QED) is 0.799. The second-order valence-corrected chi connectivity index (χ2v) is 6.07. The number of methoxy groups -OCH3 is 1. The molecule has 18 heavy (non-hydrogen) atoms. The number of hydrogen-bond acceptors (Lipinski definition) is 4. The highest BCUT2D eigenvalue weighted by atomic mass is 32.2. The summed E-state index contributed by atoms with van der Waals surface area (Å²) in [6.07, 6.45) is 0.781. The third-order valence-electron chi connectivity index (χ3n) is 2.84. The van der Waals surface area contributed by atoms with Crippen LogP contribution in [0.2, 0.25) is 0 Å². The summed E-state index contributed by atoms with van der Waals surface area (Å²) >= 11 is 1.80. The molecule has 1 aromatic rings. The lowest BCUT2D eigenvalue weighted by Crippen LogP contribution is -2.24. The van der Waals surface area contributed by atoms with Crippen LogP contribution < -0.4 is 10.5 Å². The minimum atomic E-state index is 0.0347. The lowest BCUT2D eigenvalue weighted by Gasteiger charge is -2.25. The van der Waals surface area contributed by atoms with Gasteiger partial charge in [-0.25, -0.2) is 0 Å². The maximum atomic E-state index is 8.99. The van der Waals surface area contributed by atoms with Crippen molar-refractivity contribution in [1.82, 2.24) is 0 Å². The maximum Gasteiger partial charge on any atom is 0.123 e. The van der Waals surface area contributed by atoms with Gasteiger partial charge in [0.1, 0.15) is 5.75 Å². The summed E-state index contributed by atoms with van der Waals surface area (Å²) in [6.45, 7) is 4.34. The normalized spacial score (nSPS) is 16.1. The van der Waals surface area contributed by atoms with Crippen molar-refractivity contribution in [3.05, 3.63) is 29.8 Å². The fraction of sp³-hybridized carbons (Fsp3) is 0.571. The monoisotopic (exact) mass is 269 g/mol. The molecule has 0 saturated heterocycles. The molecule has 3 unspecified atom stereocenters. The zero-order chi connectivity index (χ0) is 13.5. The average molecular weight is 269 g/mol. The Hall–Kier alpha value is -0.710. The predicted octanol–water partition coefficient (Wildman–Crippen LogP) is 2.59. The van der Waals surface area contributed by atoms with Crippen LogP contribution in [0.3, 0.4) is 0 Å². The number of para-hydroxylation sites is 1. The number of nitrogens with two attached hydrogens (primary N) is 1.